The van der Waals surface area contributed by atoms with E-state index in [0.29, 0.717) is 5.88 Å². The number of anilines is 1. The minimum Gasteiger partial charge on any atom is -0.354 e. The lowest BCUT2D eigenvalue weighted by Gasteiger charge is -2.38. The maximum absolute atomic E-state index is 6.14. The van der Waals surface area contributed by atoms with Crippen molar-refractivity contribution >= 4 is 28.3 Å². The molecule has 0 bridgehead atoms. The van der Waals surface area contributed by atoms with E-state index in [1.165, 1.54) is 24.4 Å². The van der Waals surface area contributed by atoms with Gasteiger partial charge in [-0.25, -0.2) is 4.98 Å². The fourth-order valence-corrected chi connectivity index (χ4v) is 3.21. The van der Waals surface area contributed by atoms with Crippen LogP contribution in [0.15, 0.2) is 0 Å². The van der Waals surface area contributed by atoms with Crippen LogP contribution in [-0.4, -0.2) is 20.8 Å². The fraction of sp³-hybridized carbons (Fsp3) is 0.818. The second-order valence-corrected chi connectivity index (χ2v) is 5.89. The van der Waals surface area contributed by atoms with Gasteiger partial charge in [-0.3, -0.25) is 0 Å². The third-order valence-corrected chi connectivity index (χ3v) is 4.62. The van der Waals surface area contributed by atoms with Crippen LogP contribution in [0.25, 0.3) is 0 Å². The van der Waals surface area contributed by atoms with Gasteiger partial charge in [-0.2, -0.15) is 4.37 Å². The van der Waals surface area contributed by atoms with Gasteiger partial charge >= 0.3 is 0 Å². The van der Waals surface area contributed by atoms with Gasteiger partial charge in [0.05, 0.1) is 5.54 Å². The molecule has 0 unspecified atom stereocenters. The Morgan fingerprint density at radius 3 is 2.69 bits per heavy atom. The molecule has 0 amide bonds. The van der Waals surface area contributed by atoms with Crippen LogP contribution in [0.5, 0.6) is 0 Å². The summed E-state index contributed by atoms with van der Waals surface area (Å²) >= 11 is 7.56. The lowest BCUT2D eigenvalue weighted by Crippen LogP contribution is -2.43. The number of aromatic nitrogens is 2. The summed E-state index contributed by atoms with van der Waals surface area (Å²) in [6.45, 7) is 4.23. The van der Waals surface area contributed by atoms with E-state index < -0.39 is 0 Å². The van der Waals surface area contributed by atoms with Gasteiger partial charge < -0.3 is 5.32 Å². The van der Waals surface area contributed by atoms with Crippen LogP contribution in [0.3, 0.4) is 0 Å². The Bertz CT molecular complexity index is 345. The SMILES string of the molecule is Cc1nsc(NC2(CCl)CCC(C)CC2)n1. The Labute approximate surface area is 106 Å². The van der Waals surface area contributed by atoms with Crippen LogP contribution in [0.4, 0.5) is 5.13 Å². The molecule has 1 aliphatic rings. The van der Waals surface area contributed by atoms with E-state index in [-0.39, 0.29) is 5.54 Å². The maximum atomic E-state index is 6.14. The molecule has 90 valence electrons. The Kier molecular flexibility index (Phi) is 3.70. The molecule has 0 saturated heterocycles. The molecule has 1 heterocycles. The van der Waals surface area contributed by atoms with Gasteiger partial charge in [0.15, 0.2) is 0 Å². The zero-order valence-corrected chi connectivity index (χ0v) is 11.4. The van der Waals surface area contributed by atoms with Crippen molar-refractivity contribution in [3.05, 3.63) is 5.82 Å². The number of aryl methyl sites for hydroxylation is 1. The second-order valence-electron chi connectivity index (χ2n) is 4.87. The van der Waals surface area contributed by atoms with Crippen LogP contribution in [0.1, 0.15) is 38.4 Å². The van der Waals surface area contributed by atoms with E-state index in [0.717, 1.165) is 29.7 Å². The van der Waals surface area contributed by atoms with Crippen molar-refractivity contribution in [1.82, 2.24) is 9.36 Å². The molecule has 0 radical (unpaired) electrons. The third kappa shape index (κ3) is 2.66. The van der Waals surface area contributed by atoms with E-state index in [4.69, 9.17) is 11.6 Å². The molecule has 0 atom stereocenters. The molecule has 1 fully saturated rings. The van der Waals surface area contributed by atoms with Crippen LogP contribution in [0.2, 0.25) is 0 Å². The molecule has 0 aliphatic heterocycles. The van der Waals surface area contributed by atoms with Crippen molar-refractivity contribution in [1.29, 1.82) is 0 Å². The Morgan fingerprint density at radius 1 is 1.50 bits per heavy atom. The molecule has 16 heavy (non-hydrogen) atoms. The molecule has 5 heteroatoms. The second kappa shape index (κ2) is 4.88. The van der Waals surface area contributed by atoms with Crippen molar-refractivity contribution in [3.8, 4) is 0 Å². The van der Waals surface area contributed by atoms with Gasteiger partial charge in [-0.15, -0.1) is 11.6 Å². The lowest BCUT2D eigenvalue weighted by atomic mass is 9.78. The summed E-state index contributed by atoms with van der Waals surface area (Å²) in [5.74, 6) is 2.31. The largest absolute Gasteiger partial charge is 0.354 e. The van der Waals surface area contributed by atoms with Crippen molar-refractivity contribution in [3.63, 3.8) is 0 Å². The molecule has 1 aromatic rings. The van der Waals surface area contributed by atoms with Crippen LogP contribution in [-0.2, 0) is 0 Å². The van der Waals surface area contributed by atoms with Gasteiger partial charge in [0, 0.05) is 17.4 Å². The molecule has 2 rings (SSSR count). The first kappa shape index (κ1) is 12.1. The average molecular weight is 260 g/mol. The number of hydrogen-bond acceptors (Lipinski definition) is 4. The summed E-state index contributed by atoms with van der Waals surface area (Å²) < 4.78 is 4.19. The molecule has 1 aromatic heterocycles. The quantitative estimate of drug-likeness (QED) is 0.845. The predicted molar refractivity (Wildman–Crippen MR) is 69.4 cm³/mol. The molecular weight excluding hydrogens is 242 g/mol. The Morgan fingerprint density at radius 2 is 2.19 bits per heavy atom. The first-order valence-corrected chi connectivity index (χ1v) is 7.09. The predicted octanol–water partition coefficient (Wildman–Crippen LogP) is 3.45. The van der Waals surface area contributed by atoms with E-state index in [1.54, 1.807) is 0 Å². The third-order valence-electron chi connectivity index (χ3n) is 3.39. The van der Waals surface area contributed by atoms with Crippen LogP contribution >= 0.6 is 23.1 Å². The molecule has 1 aliphatic carbocycles. The minimum atomic E-state index is 0.0417. The first-order chi connectivity index (χ1) is 7.63. The zero-order valence-electron chi connectivity index (χ0n) is 9.79. The normalized spacial score (nSPS) is 30.3. The summed E-state index contributed by atoms with van der Waals surface area (Å²) in [5, 5.41) is 4.41. The topological polar surface area (TPSA) is 37.8 Å². The monoisotopic (exact) mass is 259 g/mol. The number of nitrogens with zero attached hydrogens (tertiary/aromatic N) is 2. The van der Waals surface area contributed by atoms with Gasteiger partial charge in [-0.1, -0.05) is 6.92 Å². The summed E-state index contributed by atoms with van der Waals surface area (Å²) in [4.78, 5) is 4.35. The summed E-state index contributed by atoms with van der Waals surface area (Å²) in [6, 6.07) is 0. The molecule has 0 spiro atoms. The first-order valence-electron chi connectivity index (χ1n) is 5.78. The van der Waals surface area contributed by atoms with Crippen molar-refractivity contribution in [2.75, 3.05) is 11.2 Å². The molecule has 1 N–H and O–H groups in total. The number of nitrogens with one attached hydrogen (secondary N) is 1. The summed E-state index contributed by atoms with van der Waals surface area (Å²) in [7, 11) is 0. The lowest BCUT2D eigenvalue weighted by molar-refractivity contribution is 0.287. The highest BCUT2D eigenvalue weighted by atomic mass is 35.5. The van der Waals surface area contributed by atoms with Crippen molar-refractivity contribution in [2.24, 2.45) is 5.92 Å². The summed E-state index contributed by atoms with van der Waals surface area (Å²) in [5.41, 5.74) is 0.0417. The van der Waals surface area contributed by atoms with E-state index in [1.807, 2.05) is 6.92 Å². The van der Waals surface area contributed by atoms with E-state index in [9.17, 15) is 0 Å². The van der Waals surface area contributed by atoms with Gasteiger partial charge in [0.1, 0.15) is 5.82 Å². The average Bonchev–Trinajstić information content (AvgIpc) is 2.68. The number of hydrogen-bond donors (Lipinski definition) is 1. The number of halogens is 1. The van der Waals surface area contributed by atoms with E-state index in [2.05, 4.69) is 21.6 Å². The van der Waals surface area contributed by atoms with E-state index >= 15 is 0 Å². The molecular formula is C11H18ClN3S. The van der Waals surface area contributed by atoms with Gasteiger partial charge in [-0.05, 0) is 38.5 Å². The van der Waals surface area contributed by atoms with Crippen LogP contribution in [0, 0.1) is 12.8 Å². The summed E-state index contributed by atoms with van der Waals surface area (Å²) in [6.07, 6.45) is 4.77. The smallest absolute Gasteiger partial charge is 0.203 e. The number of alkyl halides is 1. The Hall–Kier alpha value is -0.350. The van der Waals surface area contributed by atoms with Gasteiger partial charge in [0.2, 0.25) is 5.13 Å². The standard InChI is InChI=1S/C11H18ClN3S/c1-8-3-5-11(7-12,6-4-8)14-10-13-9(2)15-16-10/h8H,3-7H2,1-2H3,(H,13,14,15). The fourth-order valence-electron chi connectivity index (χ4n) is 2.18. The minimum absolute atomic E-state index is 0.0417. The van der Waals surface area contributed by atoms with Gasteiger partial charge in [0.25, 0.3) is 0 Å². The van der Waals surface area contributed by atoms with Crippen LogP contribution < -0.4 is 5.32 Å². The highest BCUT2D eigenvalue weighted by molar-refractivity contribution is 7.09. The van der Waals surface area contributed by atoms with Crippen molar-refractivity contribution in [2.45, 2.75) is 45.1 Å². The highest BCUT2D eigenvalue weighted by Crippen LogP contribution is 2.35. The molecule has 0 aromatic carbocycles. The number of rotatable bonds is 3. The molecule has 3 nitrogen and oxygen atoms in total. The Balaban J connectivity index is 2.04. The molecule has 1 saturated carbocycles. The maximum Gasteiger partial charge on any atom is 0.203 e. The zero-order chi connectivity index (χ0) is 11.6. The van der Waals surface area contributed by atoms with Crippen molar-refractivity contribution < 1.29 is 0 Å². The highest BCUT2D eigenvalue weighted by Gasteiger charge is 2.34.